The molecule has 6 heteroatoms. The van der Waals surface area contributed by atoms with Gasteiger partial charge in [0.05, 0.1) is 13.2 Å². The van der Waals surface area contributed by atoms with E-state index in [0.29, 0.717) is 25.3 Å². The maximum atomic E-state index is 12.5. The van der Waals surface area contributed by atoms with Crippen LogP contribution >= 0.6 is 0 Å². The Bertz CT molecular complexity index is 928. The molecule has 1 atom stereocenters. The Morgan fingerprint density at radius 2 is 1.90 bits per heavy atom. The van der Waals surface area contributed by atoms with Gasteiger partial charge in [-0.05, 0) is 55.8 Å². The normalized spacial score (nSPS) is 15.8. The Balaban J connectivity index is 1.36. The lowest BCUT2D eigenvalue weighted by Gasteiger charge is -2.35. The summed E-state index contributed by atoms with van der Waals surface area (Å²) in [5.74, 6) is 1.47. The van der Waals surface area contributed by atoms with E-state index in [2.05, 4.69) is 27.3 Å². The van der Waals surface area contributed by atoms with E-state index in [1.807, 2.05) is 36.4 Å². The number of nitrogens with zero attached hydrogens (tertiary/aromatic N) is 2. The van der Waals surface area contributed by atoms with Crippen LogP contribution in [0.25, 0.3) is 11.1 Å². The molecule has 1 aliphatic heterocycles. The first-order valence-electron chi connectivity index (χ1n) is 10.7. The zero-order chi connectivity index (χ0) is 20.8. The van der Waals surface area contributed by atoms with Crippen molar-refractivity contribution in [2.45, 2.75) is 38.1 Å². The van der Waals surface area contributed by atoms with E-state index in [1.54, 1.807) is 7.11 Å². The number of hydrogen-bond donors (Lipinski definition) is 1. The summed E-state index contributed by atoms with van der Waals surface area (Å²) in [6.45, 7) is 2.73. The third-order valence-electron chi connectivity index (χ3n) is 5.73. The molecule has 1 saturated heterocycles. The first-order chi connectivity index (χ1) is 14.7. The van der Waals surface area contributed by atoms with E-state index in [1.165, 1.54) is 24.8 Å². The topological polar surface area (TPSA) is 67.6 Å². The summed E-state index contributed by atoms with van der Waals surface area (Å²) in [5, 5.41) is 3.13. The Kier molecular flexibility index (Phi) is 6.64. The summed E-state index contributed by atoms with van der Waals surface area (Å²) in [6.07, 6.45) is 4.55. The molecule has 1 amide bonds. The second-order valence-corrected chi connectivity index (χ2v) is 7.76. The van der Waals surface area contributed by atoms with Crippen LogP contribution in [0.3, 0.4) is 0 Å². The van der Waals surface area contributed by atoms with Crippen molar-refractivity contribution < 1.29 is 13.9 Å². The summed E-state index contributed by atoms with van der Waals surface area (Å²) in [5.41, 5.74) is 2.80. The van der Waals surface area contributed by atoms with Crippen LogP contribution in [0.5, 0.6) is 5.75 Å². The number of aromatic nitrogens is 1. The van der Waals surface area contributed by atoms with Crippen molar-refractivity contribution in [1.82, 2.24) is 15.2 Å². The molecule has 0 saturated carbocycles. The summed E-state index contributed by atoms with van der Waals surface area (Å²) in [6, 6.07) is 16.0. The summed E-state index contributed by atoms with van der Waals surface area (Å²) in [4.78, 5) is 19.5. The van der Waals surface area contributed by atoms with Gasteiger partial charge < -0.3 is 14.5 Å². The quantitative estimate of drug-likeness (QED) is 0.609. The highest BCUT2D eigenvalue weighted by molar-refractivity contribution is 5.76. The molecule has 1 aromatic heterocycles. The molecule has 1 N–H and O–H groups in total. The fraction of sp³-hybridized carbons (Fsp3) is 0.417. The number of fused-ring (bicyclic) bond motifs is 1. The van der Waals surface area contributed by atoms with Crippen LogP contribution in [0.1, 0.15) is 43.2 Å². The number of rotatable bonds is 8. The molecule has 6 nitrogen and oxygen atoms in total. The molecule has 30 heavy (non-hydrogen) atoms. The Hall–Kier alpha value is -2.86. The van der Waals surface area contributed by atoms with E-state index >= 15 is 0 Å². The highest BCUT2D eigenvalue weighted by Crippen LogP contribution is 2.26. The number of likely N-dealkylation sites (tertiary alicyclic amines) is 1. The minimum Gasteiger partial charge on any atom is -0.497 e. The van der Waals surface area contributed by atoms with Gasteiger partial charge in [0, 0.05) is 19.4 Å². The van der Waals surface area contributed by atoms with Crippen molar-refractivity contribution in [1.29, 1.82) is 0 Å². The Morgan fingerprint density at radius 3 is 2.63 bits per heavy atom. The molecule has 0 unspecified atom stereocenters. The van der Waals surface area contributed by atoms with Crippen LogP contribution in [0.2, 0.25) is 0 Å². The zero-order valence-electron chi connectivity index (χ0n) is 17.5. The van der Waals surface area contributed by atoms with Gasteiger partial charge in [0.25, 0.3) is 0 Å². The minimum absolute atomic E-state index is 0.0211. The molecule has 0 bridgehead atoms. The number of amides is 1. The molecular formula is C24H29N3O3. The summed E-state index contributed by atoms with van der Waals surface area (Å²) in [7, 11) is 1.67. The summed E-state index contributed by atoms with van der Waals surface area (Å²) < 4.78 is 11.0. The van der Waals surface area contributed by atoms with E-state index in [-0.39, 0.29) is 11.9 Å². The number of piperidine rings is 1. The fourth-order valence-corrected chi connectivity index (χ4v) is 4.06. The Labute approximate surface area is 177 Å². The SMILES string of the molecule is COc1ccc([C@H](CNC(=O)CCc2nc3ccccc3o2)N2CCCCC2)cc1. The maximum absolute atomic E-state index is 12.5. The molecule has 158 valence electrons. The summed E-state index contributed by atoms with van der Waals surface area (Å²) >= 11 is 0. The van der Waals surface area contributed by atoms with Crippen molar-refractivity contribution in [3.05, 3.63) is 60.0 Å². The highest BCUT2D eigenvalue weighted by Gasteiger charge is 2.23. The van der Waals surface area contributed by atoms with Crippen molar-refractivity contribution >= 4 is 17.0 Å². The van der Waals surface area contributed by atoms with Gasteiger partial charge >= 0.3 is 0 Å². The number of hydrogen-bond acceptors (Lipinski definition) is 5. The largest absolute Gasteiger partial charge is 0.497 e. The van der Waals surface area contributed by atoms with Gasteiger partial charge in [0.15, 0.2) is 11.5 Å². The second-order valence-electron chi connectivity index (χ2n) is 7.76. The molecule has 2 aromatic carbocycles. The molecule has 1 aliphatic rings. The van der Waals surface area contributed by atoms with Crippen molar-refractivity contribution in [3.63, 3.8) is 0 Å². The van der Waals surface area contributed by atoms with Gasteiger partial charge in [-0.25, -0.2) is 4.98 Å². The lowest BCUT2D eigenvalue weighted by atomic mass is 10.0. The number of ether oxygens (including phenoxy) is 1. The predicted molar refractivity (Wildman–Crippen MR) is 116 cm³/mol. The lowest BCUT2D eigenvalue weighted by Crippen LogP contribution is -2.40. The zero-order valence-corrected chi connectivity index (χ0v) is 17.5. The molecule has 4 rings (SSSR count). The van der Waals surface area contributed by atoms with E-state index in [0.717, 1.165) is 29.9 Å². The fourth-order valence-electron chi connectivity index (χ4n) is 4.06. The second kappa shape index (κ2) is 9.76. The monoisotopic (exact) mass is 407 g/mol. The molecule has 0 spiro atoms. The first-order valence-corrected chi connectivity index (χ1v) is 10.7. The van der Waals surface area contributed by atoms with Crippen molar-refractivity contribution in [3.8, 4) is 5.75 Å². The van der Waals surface area contributed by atoms with Crippen molar-refractivity contribution in [2.24, 2.45) is 0 Å². The van der Waals surface area contributed by atoms with E-state index in [9.17, 15) is 4.79 Å². The molecule has 0 aliphatic carbocycles. The molecule has 0 radical (unpaired) electrons. The number of carbonyl (C=O) groups is 1. The third-order valence-corrected chi connectivity index (χ3v) is 5.73. The van der Waals surface area contributed by atoms with Gasteiger partial charge in [-0.15, -0.1) is 0 Å². The highest BCUT2D eigenvalue weighted by atomic mass is 16.5. The standard InChI is InChI=1S/C24H29N3O3/c1-29-19-11-9-18(10-12-19)21(27-15-5-2-6-16-27)17-25-23(28)13-14-24-26-20-7-3-4-8-22(20)30-24/h3-4,7-12,21H,2,5-6,13-17H2,1H3,(H,25,28)/t21-/m0/s1. The van der Waals surface area contributed by atoms with Gasteiger partial charge in [0.1, 0.15) is 11.3 Å². The predicted octanol–water partition coefficient (Wildman–Crippen LogP) is 4.11. The maximum Gasteiger partial charge on any atom is 0.220 e. The molecule has 3 aromatic rings. The van der Waals surface area contributed by atoms with Gasteiger partial charge in [0.2, 0.25) is 5.91 Å². The molecule has 1 fully saturated rings. The van der Waals surface area contributed by atoms with Crippen LogP contribution in [0, 0.1) is 0 Å². The minimum atomic E-state index is 0.0211. The number of oxazole rings is 1. The smallest absolute Gasteiger partial charge is 0.220 e. The van der Waals surface area contributed by atoms with Crippen LogP contribution in [0.4, 0.5) is 0 Å². The number of methoxy groups -OCH3 is 1. The number of carbonyl (C=O) groups excluding carboxylic acids is 1. The van der Waals surface area contributed by atoms with Gasteiger partial charge in [-0.2, -0.15) is 0 Å². The van der Waals surface area contributed by atoms with E-state index < -0.39 is 0 Å². The third kappa shape index (κ3) is 5.00. The van der Waals surface area contributed by atoms with Gasteiger partial charge in [-0.3, -0.25) is 9.69 Å². The number of benzene rings is 2. The first kappa shape index (κ1) is 20.4. The average molecular weight is 408 g/mol. The van der Waals surface area contributed by atoms with Gasteiger partial charge in [-0.1, -0.05) is 30.7 Å². The Morgan fingerprint density at radius 1 is 1.13 bits per heavy atom. The van der Waals surface area contributed by atoms with Crippen LogP contribution < -0.4 is 10.1 Å². The van der Waals surface area contributed by atoms with Crippen LogP contribution in [-0.4, -0.2) is 42.5 Å². The van der Waals surface area contributed by atoms with Crippen LogP contribution in [-0.2, 0) is 11.2 Å². The number of nitrogens with one attached hydrogen (secondary N) is 1. The van der Waals surface area contributed by atoms with Crippen LogP contribution in [0.15, 0.2) is 52.9 Å². The number of aryl methyl sites for hydroxylation is 1. The lowest BCUT2D eigenvalue weighted by molar-refractivity contribution is -0.121. The molecule has 2 heterocycles. The average Bonchev–Trinajstić information content (AvgIpc) is 3.22. The van der Waals surface area contributed by atoms with E-state index in [4.69, 9.17) is 9.15 Å². The molecular weight excluding hydrogens is 378 g/mol. The number of para-hydroxylation sites is 2. The van der Waals surface area contributed by atoms with Crippen molar-refractivity contribution in [2.75, 3.05) is 26.7 Å².